The second-order valence-electron chi connectivity index (χ2n) is 6.56. The van der Waals surface area contributed by atoms with Crippen LogP contribution in [0.1, 0.15) is 35.8 Å². The van der Waals surface area contributed by atoms with Gasteiger partial charge in [-0.1, -0.05) is 0 Å². The van der Waals surface area contributed by atoms with Crippen LogP contribution < -0.4 is 16.2 Å². The third-order valence-corrected chi connectivity index (χ3v) is 4.44. The van der Waals surface area contributed by atoms with Crippen LogP contribution in [-0.2, 0) is 4.79 Å². The molecule has 28 heavy (non-hydrogen) atoms. The molecule has 1 aliphatic rings. The second-order valence-corrected chi connectivity index (χ2v) is 6.56. The predicted molar refractivity (Wildman–Crippen MR) is 102 cm³/mol. The number of hydrogen-bond donors (Lipinski definition) is 2. The fourth-order valence-corrected chi connectivity index (χ4v) is 2.85. The third kappa shape index (κ3) is 3.88. The lowest BCUT2D eigenvalue weighted by Gasteiger charge is -2.08. The molecule has 2 heterocycles. The molecule has 9 heteroatoms. The molecule has 0 aliphatic heterocycles. The number of hydrogen-bond acceptors (Lipinski definition) is 6. The lowest BCUT2D eigenvalue weighted by atomic mass is 10.2. The van der Waals surface area contributed by atoms with Crippen LogP contribution >= 0.6 is 0 Å². The molecule has 1 saturated carbocycles. The Morgan fingerprint density at radius 2 is 2.04 bits per heavy atom. The standard InChI is InChI=1S/C19H18N6O3/c26-17(5-6-22-18(27)16-10-20-7-8-21-16)24-12-1-4-15-14(9-12)19(28)25(11-23-15)13-2-3-13/h1,4,7-11,13H,2-3,5-6H2,(H,22,27)(H,24,26). The number of carbonyl (C=O) groups excluding carboxylic acids is 2. The van der Waals surface area contributed by atoms with Crippen molar-refractivity contribution in [3.05, 3.63) is 59.2 Å². The third-order valence-electron chi connectivity index (χ3n) is 4.44. The second kappa shape index (κ2) is 7.55. The minimum Gasteiger partial charge on any atom is -0.350 e. The zero-order valence-corrected chi connectivity index (χ0v) is 15.0. The van der Waals surface area contributed by atoms with E-state index in [-0.39, 0.29) is 36.2 Å². The van der Waals surface area contributed by atoms with Crippen LogP contribution in [0.3, 0.4) is 0 Å². The zero-order chi connectivity index (χ0) is 19.5. The minimum absolute atomic E-state index is 0.0867. The molecule has 0 atom stereocenters. The largest absolute Gasteiger partial charge is 0.350 e. The van der Waals surface area contributed by atoms with E-state index in [1.165, 1.54) is 18.6 Å². The maximum absolute atomic E-state index is 12.6. The summed E-state index contributed by atoms with van der Waals surface area (Å²) in [4.78, 5) is 48.6. The van der Waals surface area contributed by atoms with Gasteiger partial charge in [0.15, 0.2) is 0 Å². The van der Waals surface area contributed by atoms with Crippen molar-refractivity contribution in [2.75, 3.05) is 11.9 Å². The lowest BCUT2D eigenvalue weighted by Crippen LogP contribution is -2.28. The van der Waals surface area contributed by atoms with E-state index in [0.29, 0.717) is 16.6 Å². The quantitative estimate of drug-likeness (QED) is 0.667. The highest BCUT2D eigenvalue weighted by Gasteiger charge is 2.25. The Bertz CT molecular complexity index is 1090. The first-order valence-corrected chi connectivity index (χ1v) is 8.97. The molecule has 142 valence electrons. The molecule has 0 radical (unpaired) electrons. The number of benzene rings is 1. The van der Waals surface area contributed by atoms with Gasteiger partial charge in [0.2, 0.25) is 5.91 Å². The molecule has 4 rings (SSSR count). The maximum atomic E-state index is 12.6. The van der Waals surface area contributed by atoms with E-state index in [1.807, 2.05) is 0 Å². The van der Waals surface area contributed by atoms with E-state index < -0.39 is 5.91 Å². The fraction of sp³-hybridized carbons (Fsp3) is 0.263. The van der Waals surface area contributed by atoms with Gasteiger partial charge >= 0.3 is 0 Å². The van der Waals surface area contributed by atoms with Crippen molar-refractivity contribution in [3.8, 4) is 0 Å². The summed E-state index contributed by atoms with van der Waals surface area (Å²) in [6, 6.07) is 5.28. The van der Waals surface area contributed by atoms with Gasteiger partial charge in [-0.3, -0.25) is 23.9 Å². The molecule has 0 spiro atoms. The molecule has 2 N–H and O–H groups in total. The van der Waals surface area contributed by atoms with Gasteiger partial charge in [0.25, 0.3) is 11.5 Å². The molecule has 1 aromatic carbocycles. The fourth-order valence-electron chi connectivity index (χ4n) is 2.85. The predicted octanol–water partition coefficient (Wildman–Crippen LogP) is 1.28. The normalized spacial score (nSPS) is 13.3. The Morgan fingerprint density at radius 1 is 1.18 bits per heavy atom. The Labute approximate surface area is 159 Å². The van der Waals surface area contributed by atoms with E-state index >= 15 is 0 Å². The van der Waals surface area contributed by atoms with Crippen molar-refractivity contribution in [3.63, 3.8) is 0 Å². The molecule has 2 aromatic heterocycles. The number of nitrogens with zero attached hydrogens (tertiary/aromatic N) is 4. The Hall–Kier alpha value is -3.62. The molecule has 2 amide bonds. The van der Waals surface area contributed by atoms with E-state index in [1.54, 1.807) is 29.1 Å². The summed E-state index contributed by atoms with van der Waals surface area (Å²) < 4.78 is 1.65. The van der Waals surface area contributed by atoms with E-state index in [9.17, 15) is 14.4 Å². The summed E-state index contributed by atoms with van der Waals surface area (Å²) in [6.45, 7) is 0.158. The summed E-state index contributed by atoms with van der Waals surface area (Å²) in [6.07, 6.45) is 7.90. The molecule has 3 aromatic rings. The van der Waals surface area contributed by atoms with Crippen molar-refractivity contribution in [1.82, 2.24) is 24.8 Å². The summed E-state index contributed by atoms with van der Waals surface area (Å²) in [5.74, 6) is -0.663. The number of fused-ring (bicyclic) bond motifs is 1. The van der Waals surface area contributed by atoms with Gasteiger partial charge in [-0.25, -0.2) is 9.97 Å². The molecule has 0 bridgehead atoms. The Morgan fingerprint density at radius 3 is 2.79 bits per heavy atom. The molecular weight excluding hydrogens is 360 g/mol. The molecule has 9 nitrogen and oxygen atoms in total. The summed E-state index contributed by atoms with van der Waals surface area (Å²) in [7, 11) is 0. The summed E-state index contributed by atoms with van der Waals surface area (Å²) in [5, 5.41) is 5.84. The number of amides is 2. The zero-order valence-electron chi connectivity index (χ0n) is 15.0. The van der Waals surface area contributed by atoms with Crippen LogP contribution in [0, 0.1) is 0 Å². The van der Waals surface area contributed by atoms with Crippen LogP contribution in [0.15, 0.2) is 47.9 Å². The van der Waals surface area contributed by atoms with Gasteiger partial charge in [-0.05, 0) is 31.0 Å². The Kier molecular flexibility index (Phi) is 4.79. The average Bonchev–Trinajstić information content (AvgIpc) is 3.54. The van der Waals surface area contributed by atoms with E-state index in [4.69, 9.17) is 0 Å². The molecule has 0 unspecified atom stereocenters. The summed E-state index contributed by atoms with van der Waals surface area (Å²) >= 11 is 0. The first kappa shape index (κ1) is 17.8. The van der Waals surface area contributed by atoms with Gasteiger partial charge < -0.3 is 10.6 Å². The smallest absolute Gasteiger partial charge is 0.271 e. The number of anilines is 1. The monoisotopic (exact) mass is 378 g/mol. The van der Waals surface area contributed by atoms with Crippen LogP contribution in [0.25, 0.3) is 10.9 Å². The number of rotatable bonds is 6. The van der Waals surface area contributed by atoms with Crippen LogP contribution in [0.5, 0.6) is 0 Å². The minimum atomic E-state index is -0.390. The van der Waals surface area contributed by atoms with Crippen molar-refractivity contribution < 1.29 is 9.59 Å². The highest BCUT2D eigenvalue weighted by atomic mass is 16.2. The summed E-state index contributed by atoms with van der Waals surface area (Å²) in [5.41, 5.74) is 1.21. The van der Waals surface area contributed by atoms with Crippen molar-refractivity contribution >= 4 is 28.4 Å². The van der Waals surface area contributed by atoms with Crippen molar-refractivity contribution in [2.24, 2.45) is 0 Å². The number of aromatic nitrogens is 4. The van der Waals surface area contributed by atoms with E-state index in [2.05, 4.69) is 25.6 Å². The van der Waals surface area contributed by atoms with Gasteiger partial charge in [0, 0.05) is 37.1 Å². The van der Waals surface area contributed by atoms with Crippen LogP contribution in [0.2, 0.25) is 0 Å². The van der Waals surface area contributed by atoms with Crippen LogP contribution in [0.4, 0.5) is 5.69 Å². The first-order valence-electron chi connectivity index (χ1n) is 8.97. The molecule has 1 aliphatic carbocycles. The van der Waals surface area contributed by atoms with E-state index in [0.717, 1.165) is 12.8 Å². The highest BCUT2D eigenvalue weighted by Crippen LogP contribution is 2.33. The van der Waals surface area contributed by atoms with Crippen LogP contribution in [-0.4, -0.2) is 37.9 Å². The Balaban J connectivity index is 1.37. The SMILES string of the molecule is O=C(CCNC(=O)c1cnccn1)Nc1ccc2ncn(C3CC3)c(=O)c2c1. The van der Waals surface area contributed by atoms with Gasteiger partial charge in [-0.2, -0.15) is 0 Å². The first-order chi connectivity index (χ1) is 13.6. The van der Waals surface area contributed by atoms with Gasteiger partial charge in [-0.15, -0.1) is 0 Å². The van der Waals surface area contributed by atoms with Crippen molar-refractivity contribution in [1.29, 1.82) is 0 Å². The van der Waals surface area contributed by atoms with Crippen molar-refractivity contribution in [2.45, 2.75) is 25.3 Å². The highest BCUT2D eigenvalue weighted by molar-refractivity contribution is 5.95. The lowest BCUT2D eigenvalue weighted by molar-refractivity contribution is -0.116. The average molecular weight is 378 g/mol. The molecule has 1 fully saturated rings. The van der Waals surface area contributed by atoms with Gasteiger partial charge in [0.05, 0.1) is 23.4 Å². The maximum Gasteiger partial charge on any atom is 0.271 e. The molecule has 0 saturated heterocycles. The topological polar surface area (TPSA) is 119 Å². The number of nitrogens with one attached hydrogen (secondary N) is 2. The van der Waals surface area contributed by atoms with Gasteiger partial charge in [0.1, 0.15) is 5.69 Å². The number of carbonyl (C=O) groups is 2. The molecular formula is C19H18N6O3.